The molecule has 0 aliphatic heterocycles. The summed E-state index contributed by atoms with van der Waals surface area (Å²) in [5, 5.41) is 16.9. The highest BCUT2D eigenvalue weighted by atomic mass is 32.1. The minimum atomic E-state index is -0.249. The van der Waals surface area contributed by atoms with E-state index >= 15 is 0 Å². The van der Waals surface area contributed by atoms with Gasteiger partial charge >= 0.3 is 0 Å². The predicted molar refractivity (Wildman–Crippen MR) is 242 cm³/mol. The maximum atomic E-state index is 13.6. The van der Waals surface area contributed by atoms with Crippen LogP contribution in [-0.2, 0) is 16.2 Å². The Morgan fingerprint density at radius 3 is 1.89 bits per heavy atom. The number of halogens is 1. The first-order valence-electron chi connectivity index (χ1n) is 19.6. The van der Waals surface area contributed by atoms with E-state index < -0.39 is 0 Å². The molecule has 0 saturated heterocycles. The number of fused-ring (bicyclic) bond motifs is 3. The zero-order valence-corrected chi connectivity index (χ0v) is 35.1. The third-order valence-corrected chi connectivity index (χ3v) is 12.0. The molecule has 0 spiro atoms. The normalized spacial score (nSPS) is 12.7. The summed E-state index contributed by atoms with van der Waals surface area (Å²) in [5.74, 6) is 0.0297. The molecule has 1 aromatic heterocycles. The lowest BCUT2D eigenvalue weighted by Gasteiger charge is -2.27. The van der Waals surface area contributed by atoms with Gasteiger partial charge in [0.2, 0.25) is 0 Å². The zero-order chi connectivity index (χ0) is 40.4. The number of hydrogen-bond acceptors (Lipinski definition) is 4. The highest BCUT2D eigenvalue weighted by Gasteiger charge is 2.25. The Kier molecular flexibility index (Phi) is 9.44. The van der Waals surface area contributed by atoms with Gasteiger partial charge in [-0.15, -0.1) is 11.3 Å². The molecule has 1 heterocycles. The van der Waals surface area contributed by atoms with Crippen LogP contribution in [-0.4, -0.2) is 16.3 Å². The number of benzene rings is 7. The van der Waals surface area contributed by atoms with Crippen molar-refractivity contribution in [2.24, 2.45) is 4.99 Å². The van der Waals surface area contributed by atoms with Gasteiger partial charge in [-0.3, -0.25) is 4.99 Å². The summed E-state index contributed by atoms with van der Waals surface area (Å²) < 4.78 is 14.8. The van der Waals surface area contributed by atoms with Gasteiger partial charge in [0.15, 0.2) is 0 Å². The van der Waals surface area contributed by atoms with Crippen LogP contribution >= 0.6 is 11.3 Å². The second-order valence-electron chi connectivity index (χ2n) is 18.3. The van der Waals surface area contributed by atoms with E-state index in [0.717, 1.165) is 81.4 Å². The fraction of sp³-hybridized carbons (Fsp3) is 0.231. The van der Waals surface area contributed by atoms with Gasteiger partial charge in [-0.25, -0.2) is 9.37 Å². The zero-order valence-electron chi connectivity index (χ0n) is 34.3. The molecule has 0 unspecified atom stereocenters. The third-order valence-electron chi connectivity index (χ3n) is 11.0. The second kappa shape index (κ2) is 14.1. The third kappa shape index (κ3) is 7.49. The van der Waals surface area contributed by atoms with Crippen LogP contribution in [0, 0.1) is 5.82 Å². The van der Waals surface area contributed by atoms with Crippen molar-refractivity contribution >= 4 is 55.0 Å². The molecule has 8 aromatic rings. The van der Waals surface area contributed by atoms with Crippen molar-refractivity contribution in [3.63, 3.8) is 0 Å². The van der Waals surface area contributed by atoms with E-state index in [1.165, 1.54) is 17.7 Å². The summed E-state index contributed by atoms with van der Waals surface area (Å²) in [7, 11) is 0. The molecule has 0 aliphatic rings. The molecule has 0 atom stereocenters. The van der Waals surface area contributed by atoms with Gasteiger partial charge in [0.05, 0.1) is 15.9 Å². The smallest absolute Gasteiger partial charge is 0.128 e. The van der Waals surface area contributed by atoms with Crippen LogP contribution in [0.4, 0.5) is 10.1 Å². The standard InChI is InChI=1S/C52H49FN2OS/c1-50(2,3)38-26-37(48(56)44(28-38)52(7,8)9)30-54-46-41-13-11-10-12-32(41)20-23-42(46)49-55-47-43(27-39(51(4,5)6)29-45(47)57-49)36-17-16-34-24-33(14-15-35(34)25-36)31-18-21-40(53)22-19-31/h10-30,56H,1-9H3. The van der Waals surface area contributed by atoms with E-state index in [2.05, 4.69) is 159 Å². The Balaban J connectivity index is 1.28. The molecule has 1 N–H and O–H groups in total. The number of rotatable bonds is 5. The van der Waals surface area contributed by atoms with E-state index in [9.17, 15) is 9.50 Å². The maximum absolute atomic E-state index is 13.6. The summed E-state index contributed by atoms with van der Waals surface area (Å²) in [6.07, 6.45) is 1.83. The lowest BCUT2D eigenvalue weighted by molar-refractivity contribution is 0.444. The average Bonchev–Trinajstić information content (AvgIpc) is 3.60. The van der Waals surface area contributed by atoms with Gasteiger partial charge in [-0.1, -0.05) is 135 Å². The van der Waals surface area contributed by atoms with Crippen LogP contribution in [0.15, 0.2) is 126 Å². The Hall–Kier alpha value is -5.65. The molecule has 0 aliphatic carbocycles. The van der Waals surface area contributed by atoms with Crippen molar-refractivity contribution in [2.45, 2.75) is 78.6 Å². The lowest BCUT2D eigenvalue weighted by Crippen LogP contribution is -2.17. The van der Waals surface area contributed by atoms with Crippen LogP contribution in [0.5, 0.6) is 5.75 Å². The topological polar surface area (TPSA) is 45.5 Å². The van der Waals surface area contributed by atoms with Gasteiger partial charge in [0.1, 0.15) is 16.6 Å². The Morgan fingerprint density at radius 1 is 0.596 bits per heavy atom. The highest BCUT2D eigenvalue weighted by Crippen LogP contribution is 2.45. The quantitative estimate of drug-likeness (QED) is 0.177. The van der Waals surface area contributed by atoms with Gasteiger partial charge in [-0.2, -0.15) is 0 Å². The Labute approximate surface area is 339 Å². The number of nitrogens with zero attached hydrogens (tertiary/aromatic N) is 2. The van der Waals surface area contributed by atoms with Crippen molar-refractivity contribution in [1.29, 1.82) is 0 Å². The molecular weight excluding hydrogens is 720 g/mol. The number of hydrogen-bond donors (Lipinski definition) is 1. The molecule has 0 fully saturated rings. The molecule has 0 saturated carbocycles. The predicted octanol–water partition coefficient (Wildman–Crippen LogP) is 15.1. The van der Waals surface area contributed by atoms with Gasteiger partial charge in [0, 0.05) is 33.9 Å². The highest BCUT2D eigenvalue weighted by molar-refractivity contribution is 7.21. The lowest BCUT2D eigenvalue weighted by atomic mass is 9.79. The van der Waals surface area contributed by atoms with Crippen LogP contribution in [0.1, 0.15) is 84.6 Å². The summed E-state index contributed by atoms with van der Waals surface area (Å²) in [6, 6.07) is 41.1. The first kappa shape index (κ1) is 38.2. The van der Waals surface area contributed by atoms with E-state index in [1.54, 1.807) is 11.3 Å². The van der Waals surface area contributed by atoms with Crippen molar-refractivity contribution in [1.82, 2.24) is 4.98 Å². The molecule has 0 amide bonds. The Morgan fingerprint density at radius 2 is 1.21 bits per heavy atom. The molecule has 7 aromatic carbocycles. The van der Waals surface area contributed by atoms with Gasteiger partial charge < -0.3 is 5.11 Å². The first-order valence-corrected chi connectivity index (χ1v) is 20.4. The summed E-state index contributed by atoms with van der Waals surface area (Å²) in [6.45, 7) is 19.8. The molecule has 0 radical (unpaired) electrons. The number of aromatic nitrogens is 1. The van der Waals surface area contributed by atoms with E-state index in [-0.39, 0.29) is 27.8 Å². The molecule has 0 bridgehead atoms. The maximum Gasteiger partial charge on any atom is 0.128 e. The van der Waals surface area contributed by atoms with Crippen molar-refractivity contribution in [2.75, 3.05) is 0 Å². The van der Waals surface area contributed by atoms with Crippen molar-refractivity contribution < 1.29 is 9.50 Å². The van der Waals surface area contributed by atoms with E-state index in [0.29, 0.717) is 5.56 Å². The fourth-order valence-corrected chi connectivity index (χ4v) is 8.55. The Bertz CT molecular complexity index is 2860. The number of phenolic OH excluding ortho intramolecular Hbond substituents is 1. The van der Waals surface area contributed by atoms with Gasteiger partial charge in [0.25, 0.3) is 0 Å². The molecular formula is C52H49FN2OS. The number of thiazole rings is 1. The van der Waals surface area contributed by atoms with Crippen molar-refractivity contribution in [3.05, 3.63) is 149 Å². The number of aliphatic imine (C=N–C) groups is 1. The number of phenols is 1. The summed E-state index contributed by atoms with van der Waals surface area (Å²) >= 11 is 1.69. The average molecular weight is 769 g/mol. The van der Waals surface area contributed by atoms with Crippen LogP contribution in [0.25, 0.3) is 64.6 Å². The van der Waals surface area contributed by atoms with E-state index in [4.69, 9.17) is 9.98 Å². The number of aromatic hydroxyl groups is 1. The molecule has 5 heteroatoms. The monoisotopic (exact) mass is 768 g/mol. The minimum Gasteiger partial charge on any atom is -0.507 e. The van der Waals surface area contributed by atoms with Crippen LogP contribution < -0.4 is 0 Å². The molecule has 8 rings (SSSR count). The minimum absolute atomic E-state index is 0.0814. The van der Waals surface area contributed by atoms with Crippen LogP contribution in [0.3, 0.4) is 0 Å². The van der Waals surface area contributed by atoms with Gasteiger partial charge in [-0.05, 0) is 109 Å². The largest absolute Gasteiger partial charge is 0.507 e. The van der Waals surface area contributed by atoms with Crippen molar-refractivity contribution in [3.8, 4) is 38.6 Å². The fourth-order valence-electron chi connectivity index (χ4n) is 7.49. The molecule has 286 valence electrons. The van der Waals surface area contributed by atoms with E-state index in [1.807, 2.05) is 18.3 Å². The molecule has 3 nitrogen and oxygen atoms in total. The summed E-state index contributed by atoms with van der Waals surface area (Å²) in [5.41, 5.74) is 10.5. The second-order valence-corrected chi connectivity index (χ2v) is 19.4. The van der Waals surface area contributed by atoms with Crippen LogP contribution in [0.2, 0.25) is 0 Å². The first-order chi connectivity index (χ1) is 26.9. The molecule has 57 heavy (non-hydrogen) atoms. The summed E-state index contributed by atoms with van der Waals surface area (Å²) in [4.78, 5) is 10.6. The SMILES string of the molecule is CC(C)(C)c1cc(C=Nc2c(-c3nc4c(-c5ccc6cc(-c7ccc(F)cc7)ccc6c5)cc(C(C)(C)C)cc4s3)ccc3ccccc23)c(O)c(C(C)(C)C)c1.